The zero-order valence-electron chi connectivity index (χ0n) is 10.3. The smallest absolute Gasteiger partial charge is 0.254 e. The predicted molar refractivity (Wildman–Crippen MR) is 65.5 cm³/mol. The Morgan fingerprint density at radius 1 is 1.44 bits per heavy atom. The summed E-state index contributed by atoms with van der Waals surface area (Å²) in [5.41, 5.74) is 1.64. The Hall–Kier alpha value is -2.17. The number of hydrogen-bond acceptors (Lipinski definition) is 2. The number of hydrogen-bond donors (Lipinski definition) is 1. The second-order valence-electron chi connectivity index (χ2n) is 4.15. The van der Waals surface area contributed by atoms with Crippen molar-refractivity contribution in [2.24, 2.45) is 7.05 Å². The highest BCUT2D eigenvalue weighted by Gasteiger charge is 2.11. The Labute approximate surface area is 104 Å². The van der Waals surface area contributed by atoms with E-state index in [4.69, 9.17) is 0 Å². The lowest BCUT2D eigenvalue weighted by atomic mass is 10.1. The Kier molecular flexibility index (Phi) is 3.41. The summed E-state index contributed by atoms with van der Waals surface area (Å²) in [6.07, 6.45) is 1.79. The lowest BCUT2D eigenvalue weighted by Gasteiger charge is -2.05. The number of aromatic nitrogens is 2. The number of nitrogens with zero attached hydrogens (tertiary/aromatic N) is 2. The van der Waals surface area contributed by atoms with Gasteiger partial charge in [0.2, 0.25) is 0 Å². The maximum Gasteiger partial charge on any atom is 0.254 e. The molecule has 1 N–H and O–H groups in total. The van der Waals surface area contributed by atoms with Crippen molar-refractivity contribution in [3.8, 4) is 0 Å². The topological polar surface area (TPSA) is 46.9 Å². The highest BCUT2D eigenvalue weighted by Crippen LogP contribution is 2.10. The van der Waals surface area contributed by atoms with E-state index in [1.165, 1.54) is 12.1 Å². The number of carbonyl (C=O) groups excluding carboxylic acids is 1. The molecule has 0 aliphatic heterocycles. The molecule has 0 saturated carbocycles. The molecule has 0 saturated heterocycles. The first kappa shape index (κ1) is 12.3. The van der Waals surface area contributed by atoms with E-state index in [1.807, 2.05) is 6.92 Å². The van der Waals surface area contributed by atoms with Crippen LogP contribution < -0.4 is 5.32 Å². The molecule has 2 aromatic rings. The van der Waals surface area contributed by atoms with Gasteiger partial charge in [-0.25, -0.2) is 4.39 Å². The van der Waals surface area contributed by atoms with Crippen molar-refractivity contribution in [1.29, 1.82) is 0 Å². The van der Waals surface area contributed by atoms with E-state index in [9.17, 15) is 9.18 Å². The van der Waals surface area contributed by atoms with Gasteiger partial charge in [-0.2, -0.15) is 5.10 Å². The molecule has 0 unspecified atom stereocenters. The minimum absolute atomic E-state index is 0.0610. The summed E-state index contributed by atoms with van der Waals surface area (Å²) < 4.78 is 15.1. The molecule has 5 heteroatoms. The summed E-state index contributed by atoms with van der Waals surface area (Å²) >= 11 is 0. The summed E-state index contributed by atoms with van der Waals surface area (Å²) in [5.74, 6) is -0.944. The molecule has 0 aliphatic carbocycles. The fourth-order valence-corrected chi connectivity index (χ4v) is 1.64. The highest BCUT2D eigenvalue weighted by molar-refractivity contribution is 5.94. The summed E-state index contributed by atoms with van der Waals surface area (Å²) in [4.78, 5) is 11.8. The van der Waals surface area contributed by atoms with Crippen molar-refractivity contribution in [3.05, 3.63) is 53.1 Å². The lowest BCUT2D eigenvalue weighted by molar-refractivity contribution is 0.0946. The zero-order valence-corrected chi connectivity index (χ0v) is 10.3. The summed E-state index contributed by atoms with van der Waals surface area (Å²) in [6.45, 7) is 2.10. The standard InChI is InChI=1S/C13H14FN3O/c1-9-3-4-12(14)11(7-9)13(18)15-8-10-5-6-17(2)16-10/h3-7H,8H2,1-2H3,(H,15,18). The van der Waals surface area contributed by atoms with Gasteiger partial charge in [0, 0.05) is 13.2 Å². The molecular formula is C13H14FN3O. The van der Waals surface area contributed by atoms with Crippen LogP contribution in [0.5, 0.6) is 0 Å². The minimum atomic E-state index is -0.515. The van der Waals surface area contributed by atoms with E-state index in [0.29, 0.717) is 0 Å². The van der Waals surface area contributed by atoms with Crippen molar-refractivity contribution in [3.63, 3.8) is 0 Å². The molecule has 0 radical (unpaired) electrons. The molecule has 0 fully saturated rings. The van der Waals surface area contributed by atoms with Crippen molar-refractivity contribution >= 4 is 5.91 Å². The normalized spacial score (nSPS) is 10.4. The third kappa shape index (κ3) is 2.74. The van der Waals surface area contributed by atoms with Gasteiger partial charge in [-0.3, -0.25) is 9.48 Å². The lowest BCUT2D eigenvalue weighted by Crippen LogP contribution is -2.24. The Morgan fingerprint density at radius 3 is 2.89 bits per heavy atom. The zero-order chi connectivity index (χ0) is 13.1. The van der Waals surface area contributed by atoms with Gasteiger partial charge < -0.3 is 5.32 Å². The maximum absolute atomic E-state index is 13.5. The Balaban J connectivity index is 2.05. The van der Waals surface area contributed by atoms with Gasteiger partial charge in [0.05, 0.1) is 17.8 Å². The fraction of sp³-hybridized carbons (Fsp3) is 0.231. The van der Waals surface area contributed by atoms with Crippen molar-refractivity contribution in [2.75, 3.05) is 0 Å². The van der Waals surface area contributed by atoms with Crippen LogP contribution in [0.4, 0.5) is 4.39 Å². The van der Waals surface area contributed by atoms with E-state index in [1.54, 1.807) is 30.1 Å². The summed E-state index contributed by atoms with van der Waals surface area (Å²) in [6, 6.07) is 6.26. The van der Waals surface area contributed by atoms with E-state index in [-0.39, 0.29) is 12.1 Å². The third-order valence-corrected chi connectivity index (χ3v) is 2.57. The molecule has 0 atom stereocenters. The first-order valence-corrected chi connectivity index (χ1v) is 5.59. The Morgan fingerprint density at radius 2 is 2.22 bits per heavy atom. The average Bonchev–Trinajstić information content (AvgIpc) is 2.75. The minimum Gasteiger partial charge on any atom is -0.346 e. The van der Waals surface area contributed by atoms with Crippen molar-refractivity contribution in [1.82, 2.24) is 15.1 Å². The van der Waals surface area contributed by atoms with E-state index in [2.05, 4.69) is 10.4 Å². The van der Waals surface area contributed by atoms with Crippen LogP contribution in [0, 0.1) is 12.7 Å². The molecule has 18 heavy (non-hydrogen) atoms. The van der Waals surface area contributed by atoms with Gasteiger partial charge >= 0.3 is 0 Å². The second-order valence-corrected chi connectivity index (χ2v) is 4.15. The first-order chi connectivity index (χ1) is 8.56. The van der Waals surface area contributed by atoms with Crippen LogP contribution in [0.25, 0.3) is 0 Å². The van der Waals surface area contributed by atoms with Gasteiger partial charge in [-0.1, -0.05) is 11.6 Å². The largest absolute Gasteiger partial charge is 0.346 e. The molecule has 1 amide bonds. The van der Waals surface area contributed by atoms with Gasteiger partial charge in [0.15, 0.2) is 0 Å². The molecular weight excluding hydrogens is 233 g/mol. The van der Waals surface area contributed by atoms with Crippen molar-refractivity contribution < 1.29 is 9.18 Å². The number of nitrogens with one attached hydrogen (secondary N) is 1. The van der Waals surface area contributed by atoms with Crippen LogP contribution in [0.15, 0.2) is 30.5 Å². The molecule has 0 bridgehead atoms. The van der Waals surface area contributed by atoms with E-state index < -0.39 is 11.7 Å². The first-order valence-electron chi connectivity index (χ1n) is 5.59. The summed E-state index contributed by atoms with van der Waals surface area (Å²) in [5, 5.41) is 6.77. The molecule has 1 heterocycles. The van der Waals surface area contributed by atoms with Crippen LogP contribution >= 0.6 is 0 Å². The second kappa shape index (κ2) is 5.00. The number of rotatable bonds is 3. The molecule has 1 aromatic heterocycles. The van der Waals surface area contributed by atoms with Crippen LogP contribution in [-0.2, 0) is 13.6 Å². The number of amides is 1. The van der Waals surface area contributed by atoms with Gasteiger partial charge in [-0.05, 0) is 25.1 Å². The van der Waals surface area contributed by atoms with Crippen LogP contribution in [0.2, 0.25) is 0 Å². The monoisotopic (exact) mass is 247 g/mol. The molecule has 0 spiro atoms. The number of carbonyl (C=O) groups is 1. The number of aryl methyl sites for hydroxylation is 2. The fourth-order valence-electron chi connectivity index (χ4n) is 1.64. The molecule has 4 nitrogen and oxygen atoms in total. The molecule has 0 aliphatic rings. The third-order valence-electron chi connectivity index (χ3n) is 2.57. The van der Waals surface area contributed by atoms with Crippen LogP contribution in [0.1, 0.15) is 21.6 Å². The number of benzene rings is 1. The van der Waals surface area contributed by atoms with E-state index in [0.717, 1.165) is 11.3 Å². The van der Waals surface area contributed by atoms with Crippen molar-refractivity contribution in [2.45, 2.75) is 13.5 Å². The van der Waals surface area contributed by atoms with Crippen LogP contribution in [0.3, 0.4) is 0 Å². The van der Waals surface area contributed by atoms with Gasteiger partial charge in [0.1, 0.15) is 5.82 Å². The highest BCUT2D eigenvalue weighted by atomic mass is 19.1. The molecule has 94 valence electrons. The molecule has 2 rings (SSSR count). The van der Waals surface area contributed by atoms with Gasteiger partial charge in [0.25, 0.3) is 5.91 Å². The number of halogens is 1. The van der Waals surface area contributed by atoms with Gasteiger partial charge in [-0.15, -0.1) is 0 Å². The predicted octanol–water partition coefficient (Wildman–Crippen LogP) is 1.80. The average molecular weight is 247 g/mol. The molecule has 1 aromatic carbocycles. The summed E-state index contributed by atoms with van der Waals surface area (Å²) in [7, 11) is 1.80. The SMILES string of the molecule is Cc1ccc(F)c(C(=O)NCc2ccn(C)n2)c1. The quantitative estimate of drug-likeness (QED) is 0.899. The van der Waals surface area contributed by atoms with Crippen LogP contribution in [-0.4, -0.2) is 15.7 Å². The maximum atomic E-state index is 13.5. The van der Waals surface area contributed by atoms with E-state index >= 15 is 0 Å². The Bertz CT molecular complexity index is 577.